The maximum absolute atomic E-state index is 13.4. The van der Waals surface area contributed by atoms with E-state index in [1.165, 1.54) is 12.1 Å². The van der Waals surface area contributed by atoms with Gasteiger partial charge in [-0.3, -0.25) is 11.3 Å². The molecule has 0 aliphatic carbocycles. The molecule has 0 spiro atoms. The van der Waals surface area contributed by atoms with Gasteiger partial charge in [-0.2, -0.15) is 0 Å². The summed E-state index contributed by atoms with van der Waals surface area (Å²) in [6.45, 7) is 0.643. The van der Waals surface area contributed by atoms with E-state index in [0.717, 1.165) is 18.9 Å². The molecule has 0 saturated carbocycles. The van der Waals surface area contributed by atoms with Gasteiger partial charge in [-0.1, -0.05) is 6.07 Å². The Labute approximate surface area is 99.9 Å². The van der Waals surface area contributed by atoms with Crippen molar-refractivity contribution in [1.29, 1.82) is 0 Å². The molecule has 0 amide bonds. The summed E-state index contributed by atoms with van der Waals surface area (Å²) in [6, 6.07) is 3.55. The fourth-order valence-corrected chi connectivity index (χ4v) is 1.67. The predicted molar refractivity (Wildman–Crippen MR) is 62.3 cm³/mol. The molecule has 1 rings (SSSR count). The van der Waals surface area contributed by atoms with Gasteiger partial charge >= 0.3 is 0 Å². The topological polar surface area (TPSA) is 47.3 Å². The molecule has 0 aromatic heterocycles. The Kier molecular flexibility index (Phi) is 6.04. The highest BCUT2D eigenvalue weighted by Crippen LogP contribution is 2.13. The molecule has 1 aromatic carbocycles. The molecule has 3 nitrogen and oxygen atoms in total. The molecular weight excluding hydrogens is 226 g/mol. The highest BCUT2D eigenvalue weighted by molar-refractivity contribution is 5.19. The number of methoxy groups -OCH3 is 1. The van der Waals surface area contributed by atoms with E-state index in [1.807, 2.05) is 0 Å². The number of nitrogens with two attached hydrogens (primary N) is 1. The predicted octanol–water partition coefficient (Wildman–Crippen LogP) is 1.77. The van der Waals surface area contributed by atoms with Crippen molar-refractivity contribution in [3.05, 3.63) is 35.4 Å². The first kappa shape index (κ1) is 14.0. The highest BCUT2D eigenvalue weighted by Gasteiger charge is 2.11. The summed E-state index contributed by atoms with van der Waals surface area (Å²) in [5, 5.41) is 0. The number of rotatable bonds is 7. The fourth-order valence-electron chi connectivity index (χ4n) is 1.67. The minimum Gasteiger partial charge on any atom is -0.385 e. The van der Waals surface area contributed by atoms with Gasteiger partial charge in [0.2, 0.25) is 0 Å². The van der Waals surface area contributed by atoms with Gasteiger partial charge in [-0.25, -0.2) is 8.78 Å². The summed E-state index contributed by atoms with van der Waals surface area (Å²) < 4.78 is 31.1. The number of hydrogen-bond donors (Lipinski definition) is 2. The van der Waals surface area contributed by atoms with Crippen molar-refractivity contribution < 1.29 is 13.5 Å². The smallest absolute Gasteiger partial charge is 0.129 e. The van der Waals surface area contributed by atoms with E-state index < -0.39 is 11.6 Å². The Hall–Kier alpha value is -1.04. The summed E-state index contributed by atoms with van der Waals surface area (Å²) in [5.41, 5.74) is 3.10. The molecule has 0 saturated heterocycles. The Bertz CT molecular complexity index is 347. The molecule has 96 valence electrons. The summed E-state index contributed by atoms with van der Waals surface area (Å²) in [5.74, 6) is 4.30. The van der Waals surface area contributed by atoms with E-state index in [1.54, 1.807) is 7.11 Å². The van der Waals surface area contributed by atoms with Crippen LogP contribution in [0.15, 0.2) is 18.2 Å². The van der Waals surface area contributed by atoms with E-state index in [0.29, 0.717) is 18.6 Å². The summed E-state index contributed by atoms with van der Waals surface area (Å²) in [4.78, 5) is 0. The summed E-state index contributed by atoms with van der Waals surface area (Å²) in [7, 11) is 1.63. The van der Waals surface area contributed by atoms with E-state index >= 15 is 0 Å². The summed E-state index contributed by atoms with van der Waals surface area (Å²) in [6.07, 6.45) is 2.06. The lowest BCUT2D eigenvalue weighted by atomic mass is 10.0. The van der Waals surface area contributed by atoms with Crippen LogP contribution in [0.2, 0.25) is 0 Å². The van der Waals surface area contributed by atoms with E-state index in [4.69, 9.17) is 10.6 Å². The van der Waals surface area contributed by atoms with Crippen LogP contribution in [0.4, 0.5) is 8.78 Å². The molecule has 5 heteroatoms. The first-order valence-electron chi connectivity index (χ1n) is 5.56. The second kappa shape index (κ2) is 7.32. The first-order chi connectivity index (χ1) is 8.17. The number of halogens is 2. The van der Waals surface area contributed by atoms with Crippen LogP contribution in [0.3, 0.4) is 0 Å². The van der Waals surface area contributed by atoms with Crippen LogP contribution in [0.25, 0.3) is 0 Å². The minimum atomic E-state index is -0.567. The second-order valence-electron chi connectivity index (χ2n) is 3.94. The van der Waals surface area contributed by atoms with Crippen LogP contribution in [0.1, 0.15) is 18.4 Å². The largest absolute Gasteiger partial charge is 0.385 e. The zero-order chi connectivity index (χ0) is 12.7. The third-order valence-corrected chi connectivity index (χ3v) is 2.62. The third-order valence-electron chi connectivity index (χ3n) is 2.62. The summed E-state index contributed by atoms with van der Waals surface area (Å²) >= 11 is 0. The zero-order valence-corrected chi connectivity index (χ0v) is 9.88. The van der Waals surface area contributed by atoms with Gasteiger partial charge in [-0.05, 0) is 30.9 Å². The molecular formula is C12H18F2N2O. The zero-order valence-electron chi connectivity index (χ0n) is 9.88. The maximum Gasteiger partial charge on any atom is 0.129 e. The van der Waals surface area contributed by atoms with E-state index in [9.17, 15) is 8.78 Å². The molecule has 0 bridgehead atoms. The Morgan fingerprint density at radius 3 is 2.76 bits per heavy atom. The number of nitrogens with one attached hydrogen (secondary N) is 1. The highest BCUT2D eigenvalue weighted by atomic mass is 19.1. The number of hydrogen-bond acceptors (Lipinski definition) is 3. The van der Waals surface area contributed by atoms with Crippen LogP contribution in [-0.4, -0.2) is 19.8 Å². The van der Waals surface area contributed by atoms with Crippen LogP contribution in [0.5, 0.6) is 0 Å². The van der Waals surface area contributed by atoms with Crippen LogP contribution < -0.4 is 11.3 Å². The maximum atomic E-state index is 13.4. The monoisotopic (exact) mass is 244 g/mol. The Balaban J connectivity index is 2.54. The molecule has 0 radical (unpaired) electrons. The third kappa shape index (κ3) is 4.77. The number of ether oxygens (including phenoxy) is 1. The van der Waals surface area contributed by atoms with Crippen molar-refractivity contribution in [2.24, 2.45) is 5.84 Å². The van der Waals surface area contributed by atoms with Crippen molar-refractivity contribution >= 4 is 0 Å². The van der Waals surface area contributed by atoms with Gasteiger partial charge < -0.3 is 4.74 Å². The first-order valence-corrected chi connectivity index (χ1v) is 5.56. The van der Waals surface area contributed by atoms with Crippen LogP contribution in [-0.2, 0) is 11.2 Å². The van der Waals surface area contributed by atoms with Crippen molar-refractivity contribution in [2.45, 2.75) is 25.3 Å². The molecule has 3 N–H and O–H groups in total. The van der Waals surface area contributed by atoms with Gasteiger partial charge in [0.05, 0.1) is 0 Å². The normalized spacial score (nSPS) is 12.7. The van der Waals surface area contributed by atoms with Gasteiger partial charge in [0.1, 0.15) is 11.6 Å². The average molecular weight is 244 g/mol. The van der Waals surface area contributed by atoms with Crippen LogP contribution in [0, 0.1) is 11.6 Å². The van der Waals surface area contributed by atoms with Gasteiger partial charge in [0.25, 0.3) is 0 Å². The second-order valence-corrected chi connectivity index (χ2v) is 3.94. The lowest BCUT2D eigenvalue weighted by molar-refractivity contribution is 0.188. The molecule has 0 fully saturated rings. The quantitative estimate of drug-likeness (QED) is 0.436. The van der Waals surface area contributed by atoms with Crippen molar-refractivity contribution in [2.75, 3.05) is 13.7 Å². The lowest BCUT2D eigenvalue weighted by Gasteiger charge is -2.16. The molecule has 1 unspecified atom stereocenters. The van der Waals surface area contributed by atoms with E-state index in [-0.39, 0.29) is 6.04 Å². The molecule has 0 heterocycles. The Morgan fingerprint density at radius 1 is 1.41 bits per heavy atom. The Morgan fingerprint density at radius 2 is 2.18 bits per heavy atom. The molecule has 1 atom stereocenters. The number of benzene rings is 1. The van der Waals surface area contributed by atoms with Gasteiger partial charge in [0.15, 0.2) is 0 Å². The number of hydrazine groups is 1. The van der Waals surface area contributed by atoms with Crippen molar-refractivity contribution in [3.8, 4) is 0 Å². The average Bonchev–Trinajstić information content (AvgIpc) is 2.31. The standard InChI is InChI=1S/C12H18F2N2O/c1-17-6-2-3-11(16-15)7-9-4-5-10(13)8-12(9)14/h4-5,8,11,16H,2-3,6-7,15H2,1H3. The van der Waals surface area contributed by atoms with E-state index in [2.05, 4.69) is 5.43 Å². The lowest BCUT2D eigenvalue weighted by Crippen LogP contribution is -2.37. The molecule has 17 heavy (non-hydrogen) atoms. The van der Waals surface area contributed by atoms with Gasteiger partial charge in [0, 0.05) is 25.8 Å². The minimum absolute atomic E-state index is 0.0369. The van der Waals surface area contributed by atoms with Gasteiger partial charge in [-0.15, -0.1) is 0 Å². The molecule has 1 aromatic rings. The fraction of sp³-hybridized carbons (Fsp3) is 0.500. The SMILES string of the molecule is COCCCC(Cc1ccc(F)cc1F)NN. The van der Waals surface area contributed by atoms with Crippen LogP contribution >= 0.6 is 0 Å². The van der Waals surface area contributed by atoms with Crippen molar-refractivity contribution in [3.63, 3.8) is 0 Å². The van der Waals surface area contributed by atoms with Crippen molar-refractivity contribution in [1.82, 2.24) is 5.43 Å². The molecule has 0 aliphatic rings. The molecule has 0 aliphatic heterocycles.